The van der Waals surface area contributed by atoms with Crippen LogP contribution in [0.4, 0.5) is 4.39 Å². The maximum Gasteiger partial charge on any atom is 0.234 e. The van der Waals surface area contributed by atoms with E-state index in [2.05, 4.69) is 21.2 Å². The molecule has 1 aliphatic heterocycles. The minimum atomic E-state index is -0.274. The summed E-state index contributed by atoms with van der Waals surface area (Å²) in [5.74, 6) is -0.288. The second-order valence-electron chi connectivity index (χ2n) is 6.76. The molecule has 6 heteroatoms. The smallest absolute Gasteiger partial charge is 0.234 e. The molecule has 140 valence electrons. The Hall–Kier alpha value is -2.75. The van der Waals surface area contributed by atoms with Crippen LogP contribution in [0.15, 0.2) is 48.5 Å². The number of benzene rings is 2. The topological polar surface area (TPSA) is 59.4 Å². The Bertz CT molecular complexity index is 790. The number of carbonyl (C=O) groups excluding carboxylic acids is 1. The summed E-state index contributed by atoms with van der Waals surface area (Å²) in [7, 11) is 0. The van der Waals surface area contributed by atoms with Gasteiger partial charge in [-0.15, -0.1) is 0 Å². The highest BCUT2D eigenvalue weighted by atomic mass is 19.1. The highest BCUT2D eigenvalue weighted by molar-refractivity contribution is 5.78. The third kappa shape index (κ3) is 5.88. The minimum Gasteiger partial charge on any atom is -0.351 e. The molecule has 3 rings (SSSR count). The number of nitrogens with zero attached hydrogens (tertiary/aromatic N) is 3. The molecule has 1 saturated heterocycles. The summed E-state index contributed by atoms with van der Waals surface area (Å²) >= 11 is 0. The lowest BCUT2D eigenvalue weighted by Gasteiger charge is -2.34. The molecule has 0 atom stereocenters. The quantitative estimate of drug-likeness (QED) is 0.851. The molecule has 27 heavy (non-hydrogen) atoms. The summed E-state index contributed by atoms with van der Waals surface area (Å²) < 4.78 is 12.9. The Balaban J connectivity index is 1.37. The number of halogens is 1. The maximum atomic E-state index is 12.9. The first-order chi connectivity index (χ1) is 13.1. The predicted octanol–water partition coefficient (Wildman–Crippen LogP) is 2.13. The lowest BCUT2D eigenvalue weighted by atomic mass is 10.1. The standard InChI is InChI=1S/C21H23FN4O/c22-20-7-5-18(6-8-20)14-24-21(27)16-26-11-9-25(10-12-26)15-19-3-1-17(13-23)2-4-19/h1-8H,9-12,14-16H2,(H,24,27). The zero-order valence-electron chi connectivity index (χ0n) is 15.2. The van der Waals surface area contributed by atoms with Gasteiger partial charge in [0.2, 0.25) is 5.91 Å². The molecule has 1 fully saturated rings. The second kappa shape index (κ2) is 9.26. The molecule has 2 aromatic rings. The first-order valence-electron chi connectivity index (χ1n) is 9.07. The van der Waals surface area contributed by atoms with Crippen molar-refractivity contribution in [2.75, 3.05) is 32.7 Å². The Morgan fingerprint density at radius 3 is 2.19 bits per heavy atom. The van der Waals surface area contributed by atoms with Gasteiger partial charge in [-0.3, -0.25) is 14.6 Å². The van der Waals surface area contributed by atoms with Gasteiger partial charge >= 0.3 is 0 Å². The van der Waals surface area contributed by atoms with E-state index in [1.165, 1.54) is 17.7 Å². The van der Waals surface area contributed by atoms with Crippen molar-refractivity contribution in [3.63, 3.8) is 0 Å². The number of carbonyl (C=O) groups is 1. The summed E-state index contributed by atoms with van der Waals surface area (Å²) in [5.41, 5.74) is 2.76. The largest absolute Gasteiger partial charge is 0.351 e. The van der Waals surface area contributed by atoms with Crippen LogP contribution in [-0.2, 0) is 17.9 Å². The Labute approximate surface area is 159 Å². The summed E-state index contributed by atoms with van der Waals surface area (Å²) in [6.45, 7) is 5.16. The van der Waals surface area contributed by atoms with Crippen molar-refractivity contribution >= 4 is 5.91 Å². The van der Waals surface area contributed by atoms with Gasteiger partial charge in [-0.1, -0.05) is 24.3 Å². The van der Waals surface area contributed by atoms with Crippen molar-refractivity contribution in [1.29, 1.82) is 5.26 Å². The summed E-state index contributed by atoms with van der Waals surface area (Å²) in [5, 5.41) is 11.7. The van der Waals surface area contributed by atoms with Gasteiger partial charge in [-0.2, -0.15) is 5.26 Å². The number of nitrogens with one attached hydrogen (secondary N) is 1. The Morgan fingerprint density at radius 2 is 1.56 bits per heavy atom. The number of piperazine rings is 1. The van der Waals surface area contributed by atoms with Crippen molar-refractivity contribution in [3.05, 3.63) is 71.0 Å². The molecule has 0 aliphatic carbocycles. The van der Waals surface area contributed by atoms with Crippen LogP contribution >= 0.6 is 0 Å². The lowest BCUT2D eigenvalue weighted by Crippen LogP contribution is -2.49. The van der Waals surface area contributed by atoms with Crippen LogP contribution in [0.3, 0.4) is 0 Å². The highest BCUT2D eigenvalue weighted by Crippen LogP contribution is 2.10. The van der Waals surface area contributed by atoms with Gasteiger partial charge in [0.1, 0.15) is 5.82 Å². The average molecular weight is 366 g/mol. The Kier molecular flexibility index (Phi) is 6.53. The van der Waals surface area contributed by atoms with E-state index < -0.39 is 0 Å². The number of rotatable bonds is 6. The zero-order chi connectivity index (χ0) is 19.1. The van der Waals surface area contributed by atoms with Crippen LogP contribution in [0.5, 0.6) is 0 Å². The third-order valence-corrected chi connectivity index (χ3v) is 4.72. The predicted molar refractivity (Wildman–Crippen MR) is 101 cm³/mol. The van der Waals surface area contributed by atoms with E-state index in [1.807, 2.05) is 24.3 Å². The minimum absolute atomic E-state index is 0.0140. The molecule has 5 nitrogen and oxygen atoms in total. The van der Waals surface area contributed by atoms with E-state index in [9.17, 15) is 9.18 Å². The van der Waals surface area contributed by atoms with Gasteiger partial charge in [-0.05, 0) is 35.4 Å². The monoisotopic (exact) mass is 366 g/mol. The lowest BCUT2D eigenvalue weighted by molar-refractivity contribution is -0.122. The molecule has 0 saturated carbocycles. The molecular formula is C21H23FN4O. The summed E-state index contributed by atoms with van der Waals surface area (Å²) in [6, 6.07) is 16.0. The van der Waals surface area contributed by atoms with Crippen molar-refractivity contribution in [3.8, 4) is 6.07 Å². The first kappa shape index (κ1) is 19.0. The van der Waals surface area contributed by atoms with Gasteiger partial charge in [-0.25, -0.2) is 4.39 Å². The van der Waals surface area contributed by atoms with Crippen LogP contribution in [0.1, 0.15) is 16.7 Å². The maximum absolute atomic E-state index is 12.9. The highest BCUT2D eigenvalue weighted by Gasteiger charge is 2.19. The molecule has 0 unspecified atom stereocenters. The van der Waals surface area contributed by atoms with Crippen molar-refractivity contribution < 1.29 is 9.18 Å². The van der Waals surface area contributed by atoms with Crippen LogP contribution in [0.2, 0.25) is 0 Å². The van der Waals surface area contributed by atoms with E-state index >= 15 is 0 Å². The fourth-order valence-corrected chi connectivity index (χ4v) is 3.11. The zero-order valence-corrected chi connectivity index (χ0v) is 15.2. The van der Waals surface area contributed by atoms with E-state index in [0.717, 1.165) is 38.3 Å². The average Bonchev–Trinajstić information content (AvgIpc) is 2.70. The van der Waals surface area contributed by atoms with Crippen LogP contribution in [0.25, 0.3) is 0 Å². The molecule has 1 aliphatic rings. The number of hydrogen-bond acceptors (Lipinski definition) is 4. The molecule has 0 spiro atoms. The molecule has 1 heterocycles. The van der Waals surface area contributed by atoms with Gasteiger partial charge in [0.15, 0.2) is 0 Å². The molecule has 1 N–H and O–H groups in total. The van der Waals surface area contributed by atoms with E-state index in [1.54, 1.807) is 12.1 Å². The fraction of sp³-hybridized carbons (Fsp3) is 0.333. The van der Waals surface area contributed by atoms with E-state index in [-0.39, 0.29) is 11.7 Å². The molecule has 0 aromatic heterocycles. The van der Waals surface area contributed by atoms with E-state index in [4.69, 9.17) is 5.26 Å². The second-order valence-corrected chi connectivity index (χ2v) is 6.76. The molecule has 0 radical (unpaired) electrons. The number of hydrogen-bond donors (Lipinski definition) is 1. The van der Waals surface area contributed by atoms with Crippen LogP contribution < -0.4 is 5.32 Å². The normalized spacial score (nSPS) is 15.3. The van der Waals surface area contributed by atoms with Crippen LogP contribution in [-0.4, -0.2) is 48.4 Å². The third-order valence-electron chi connectivity index (χ3n) is 4.72. The van der Waals surface area contributed by atoms with Gasteiger partial charge in [0.05, 0.1) is 18.2 Å². The molecule has 2 aromatic carbocycles. The van der Waals surface area contributed by atoms with Gasteiger partial charge in [0.25, 0.3) is 0 Å². The van der Waals surface area contributed by atoms with Crippen molar-refractivity contribution in [2.24, 2.45) is 0 Å². The SMILES string of the molecule is N#Cc1ccc(CN2CCN(CC(=O)NCc3ccc(F)cc3)CC2)cc1. The van der Waals surface area contributed by atoms with Crippen molar-refractivity contribution in [1.82, 2.24) is 15.1 Å². The number of amides is 1. The summed E-state index contributed by atoms with van der Waals surface area (Å²) in [6.07, 6.45) is 0. The fourth-order valence-electron chi connectivity index (χ4n) is 3.11. The van der Waals surface area contributed by atoms with Gasteiger partial charge < -0.3 is 5.32 Å². The van der Waals surface area contributed by atoms with Gasteiger partial charge in [0, 0.05) is 39.3 Å². The molecule has 1 amide bonds. The van der Waals surface area contributed by atoms with Crippen molar-refractivity contribution in [2.45, 2.75) is 13.1 Å². The molecule has 0 bridgehead atoms. The molecular weight excluding hydrogens is 343 g/mol. The number of nitriles is 1. The van der Waals surface area contributed by atoms with E-state index in [0.29, 0.717) is 18.7 Å². The first-order valence-corrected chi connectivity index (χ1v) is 9.07. The Morgan fingerprint density at radius 1 is 0.963 bits per heavy atom. The van der Waals surface area contributed by atoms with Crippen LogP contribution in [0, 0.1) is 17.1 Å². The summed E-state index contributed by atoms with van der Waals surface area (Å²) in [4.78, 5) is 16.6.